The number of hydrogen-bond donors (Lipinski definition) is 1. The van der Waals surface area contributed by atoms with Gasteiger partial charge in [0, 0.05) is 25.2 Å². The number of amides is 1. The smallest absolute Gasteiger partial charge is 0.407 e. The normalized spacial score (nSPS) is 29.4. The van der Waals surface area contributed by atoms with Crippen LogP contribution in [0.4, 0.5) is 4.79 Å². The number of rotatable bonds is 3. The lowest BCUT2D eigenvalue weighted by Crippen LogP contribution is -2.54. The monoisotopic (exact) mass is 282 g/mol. The van der Waals surface area contributed by atoms with Gasteiger partial charge in [0.15, 0.2) is 0 Å². The second kappa shape index (κ2) is 7.30. The second-order valence-electron chi connectivity index (χ2n) is 6.82. The first kappa shape index (κ1) is 15.6. The van der Waals surface area contributed by atoms with E-state index in [-0.39, 0.29) is 12.1 Å². The Morgan fingerprint density at radius 1 is 1.20 bits per heavy atom. The predicted molar refractivity (Wildman–Crippen MR) is 80.7 cm³/mol. The van der Waals surface area contributed by atoms with Gasteiger partial charge in [-0.25, -0.2) is 4.79 Å². The van der Waals surface area contributed by atoms with Crippen molar-refractivity contribution in [1.82, 2.24) is 10.2 Å². The summed E-state index contributed by atoms with van der Waals surface area (Å²) in [7, 11) is 1.44. The van der Waals surface area contributed by atoms with Crippen LogP contribution < -0.4 is 5.32 Å². The largest absolute Gasteiger partial charge is 0.453 e. The average Bonchev–Trinajstić information content (AvgIpc) is 2.47. The summed E-state index contributed by atoms with van der Waals surface area (Å²) >= 11 is 0. The van der Waals surface area contributed by atoms with E-state index >= 15 is 0 Å². The highest BCUT2D eigenvalue weighted by molar-refractivity contribution is 5.67. The van der Waals surface area contributed by atoms with Gasteiger partial charge < -0.3 is 10.1 Å². The number of alkyl carbamates (subject to hydrolysis) is 1. The van der Waals surface area contributed by atoms with Crippen LogP contribution >= 0.6 is 0 Å². The third kappa shape index (κ3) is 4.11. The fraction of sp³-hybridized carbons (Fsp3) is 0.938. The Morgan fingerprint density at radius 2 is 1.90 bits per heavy atom. The molecule has 0 aromatic rings. The zero-order valence-corrected chi connectivity index (χ0v) is 13.2. The van der Waals surface area contributed by atoms with Crippen molar-refractivity contribution in [2.45, 2.75) is 64.5 Å². The molecule has 2 aliphatic rings. The summed E-state index contributed by atoms with van der Waals surface area (Å²) < 4.78 is 4.76. The lowest BCUT2D eigenvalue weighted by molar-refractivity contribution is 0.0602. The van der Waals surface area contributed by atoms with E-state index in [0.29, 0.717) is 11.8 Å². The van der Waals surface area contributed by atoms with Crippen LogP contribution in [0.1, 0.15) is 52.4 Å². The Morgan fingerprint density at radius 3 is 2.50 bits per heavy atom. The highest BCUT2D eigenvalue weighted by Crippen LogP contribution is 2.30. The summed E-state index contributed by atoms with van der Waals surface area (Å²) in [5.74, 6) is 1.34. The van der Waals surface area contributed by atoms with Gasteiger partial charge in [-0.2, -0.15) is 0 Å². The molecule has 0 bridgehead atoms. The summed E-state index contributed by atoms with van der Waals surface area (Å²) in [6.45, 7) is 6.78. The molecule has 2 unspecified atom stereocenters. The van der Waals surface area contributed by atoms with Crippen molar-refractivity contribution >= 4 is 6.09 Å². The molecule has 1 aliphatic heterocycles. The van der Waals surface area contributed by atoms with Crippen molar-refractivity contribution < 1.29 is 9.53 Å². The first-order valence-corrected chi connectivity index (χ1v) is 8.18. The van der Waals surface area contributed by atoms with Crippen LogP contribution in [0.15, 0.2) is 0 Å². The molecule has 1 saturated carbocycles. The molecule has 0 radical (unpaired) electrons. The van der Waals surface area contributed by atoms with Crippen LogP contribution in [0, 0.1) is 11.8 Å². The van der Waals surface area contributed by atoms with Crippen LogP contribution in [-0.4, -0.2) is 43.3 Å². The van der Waals surface area contributed by atoms with Gasteiger partial charge in [0.1, 0.15) is 0 Å². The zero-order chi connectivity index (χ0) is 14.5. The van der Waals surface area contributed by atoms with E-state index in [1.54, 1.807) is 0 Å². The Kier molecular flexibility index (Phi) is 5.70. The molecule has 0 spiro atoms. The topological polar surface area (TPSA) is 41.6 Å². The average molecular weight is 282 g/mol. The van der Waals surface area contributed by atoms with E-state index in [9.17, 15) is 4.79 Å². The summed E-state index contributed by atoms with van der Waals surface area (Å²) in [5.41, 5.74) is 0. The van der Waals surface area contributed by atoms with Gasteiger partial charge in [0.05, 0.1) is 7.11 Å². The van der Waals surface area contributed by atoms with Crippen LogP contribution in [0.25, 0.3) is 0 Å². The number of methoxy groups -OCH3 is 1. The molecule has 1 N–H and O–H groups in total. The van der Waals surface area contributed by atoms with E-state index in [2.05, 4.69) is 24.1 Å². The highest BCUT2D eigenvalue weighted by Gasteiger charge is 2.33. The van der Waals surface area contributed by atoms with Crippen molar-refractivity contribution in [3.05, 3.63) is 0 Å². The Bertz CT molecular complexity index is 314. The molecule has 1 aliphatic carbocycles. The Labute approximate surface area is 123 Å². The van der Waals surface area contributed by atoms with Crippen LogP contribution in [0.2, 0.25) is 0 Å². The molecule has 1 heterocycles. The van der Waals surface area contributed by atoms with Crippen LogP contribution in [0.5, 0.6) is 0 Å². The molecule has 2 fully saturated rings. The molecular formula is C16H30N2O2. The molecule has 4 heteroatoms. The standard InChI is InChI=1S/C16H30N2O2/c1-12(2)13-9-14(17-16(19)20-3)11-18(10-13)15-7-5-4-6-8-15/h12-15H,4-11H2,1-3H3,(H,17,19). The number of carbonyl (C=O) groups is 1. The molecule has 0 aromatic carbocycles. The highest BCUT2D eigenvalue weighted by atomic mass is 16.5. The van der Waals surface area contributed by atoms with Gasteiger partial charge in [-0.1, -0.05) is 33.1 Å². The molecule has 0 aromatic heterocycles. The van der Waals surface area contributed by atoms with Crippen molar-refractivity contribution in [2.75, 3.05) is 20.2 Å². The molecule has 1 amide bonds. The van der Waals surface area contributed by atoms with E-state index in [1.165, 1.54) is 45.8 Å². The summed E-state index contributed by atoms with van der Waals surface area (Å²) in [6.07, 6.45) is 7.57. The van der Waals surface area contributed by atoms with Crippen molar-refractivity contribution in [3.63, 3.8) is 0 Å². The first-order valence-electron chi connectivity index (χ1n) is 8.18. The van der Waals surface area contributed by atoms with Gasteiger partial charge >= 0.3 is 6.09 Å². The summed E-state index contributed by atoms with van der Waals surface area (Å²) in [5, 5.41) is 3.02. The fourth-order valence-electron chi connectivity index (χ4n) is 3.73. The second-order valence-corrected chi connectivity index (χ2v) is 6.82. The maximum atomic E-state index is 11.5. The molecular weight excluding hydrogens is 252 g/mol. The maximum absolute atomic E-state index is 11.5. The third-order valence-electron chi connectivity index (χ3n) is 5.05. The van der Waals surface area contributed by atoms with Gasteiger partial charge in [0.25, 0.3) is 0 Å². The minimum absolute atomic E-state index is 0.241. The van der Waals surface area contributed by atoms with Crippen molar-refractivity contribution in [2.24, 2.45) is 11.8 Å². The minimum Gasteiger partial charge on any atom is -0.453 e. The molecule has 20 heavy (non-hydrogen) atoms. The molecule has 2 rings (SSSR count). The van der Waals surface area contributed by atoms with Crippen LogP contribution in [0.3, 0.4) is 0 Å². The Balaban J connectivity index is 1.97. The van der Waals surface area contributed by atoms with Crippen LogP contribution in [-0.2, 0) is 4.74 Å². The number of ether oxygens (including phenoxy) is 1. The lowest BCUT2D eigenvalue weighted by atomic mass is 9.83. The number of piperidine rings is 1. The summed E-state index contributed by atoms with van der Waals surface area (Å²) in [6, 6.07) is 0.970. The SMILES string of the molecule is COC(=O)NC1CC(C(C)C)CN(C2CCCCC2)C1. The van der Waals surface area contributed by atoms with E-state index < -0.39 is 0 Å². The molecule has 4 nitrogen and oxygen atoms in total. The maximum Gasteiger partial charge on any atom is 0.407 e. The predicted octanol–water partition coefficient (Wildman–Crippen LogP) is 3.02. The zero-order valence-electron chi connectivity index (χ0n) is 13.2. The Hall–Kier alpha value is -0.770. The fourth-order valence-corrected chi connectivity index (χ4v) is 3.73. The van der Waals surface area contributed by atoms with Crippen molar-refractivity contribution in [1.29, 1.82) is 0 Å². The van der Waals surface area contributed by atoms with E-state index in [4.69, 9.17) is 4.74 Å². The van der Waals surface area contributed by atoms with Gasteiger partial charge in [-0.3, -0.25) is 4.90 Å². The minimum atomic E-state index is -0.289. The number of nitrogens with one attached hydrogen (secondary N) is 1. The number of hydrogen-bond acceptors (Lipinski definition) is 3. The van der Waals surface area contributed by atoms with E-state index in [0.717, 1.165) is 19.0 Å². The first-order chi connectivity index (χ1) is 9.60. The van der Waals surface area contributed by atoms with Gasteiger partial charge in [0.2, 0.25) is 0 Å². The quantitative estimate of drug-likeness (QED) is 0.865. The van der Waals surface area contributed by atoms with Gasteiger partial charge in [-0.15, -0.1) is 0 Å². The number of carbonyl (C=O) groups excluding carboxylic acids is 1. The number of nitrogens with zero attached hydrogens (tertiary/aromatic N) is 1. The van der Waals surface area contributed by atoms with E-state index in [1.807, 2.05) is 0 Å². The molecule has 1 saturated heterocycles. The van der Waals surface area contributed by atoms with Crippen molar-refractivity contribution in [3.8, 4) is 0 Å². The third-order valence-corrected chi connectivity index (χ3v) is 5.05. The summed E-state index contributed by atoms with van der Waals surface area (Å²) in [4.78, 5) is 14.1. The van der Waals surface area contributed by atoms with Gasteiger partial charge in [-0.05, 0) is 31.1 Å². The molecule has 2 atom stereocenters. The lowest BCUT2D eigenvalue weighted by Gasteiger charge is -2.44. The number of likely N-dealkylation sites (tertiary alicyclic amines) is 1. The molecule has 116 valence electrons.